The summed E-state index contributed by atoms with van der Waals surface area (Å²) in [7, 11) is 0. The van der Waals surface area contributed by atoms with E-state index in [1.807, 2.05) is 30.3 Å². The van der Waals surface area contributed by atoms with E-state index in [9.17, 15) is 9.59 Å². The number of nitrogens with one attached hydrogen (secondary N) is 2. The molecule has 0 bridgehead atoms. The molecule has 0 radical (unpaired) electrons. The van der Waals surface area contributed by atoms with E-state index in [4.69, 9.17) is 23.2 Å². The highest BCUT2D eigenvalue weighted by Gasteiger charge is 2.16. The number of nitrogens with zero attached hydrogens (tertiary/aromatic N) is 1. The normalized spacial score (nSPS) is 10.2. The third-order valence-electron chi connectivity index (χ3n) is 2.41. The molecule has 2 rings (SSSR count). The summed E-state index contributed by atoms with van der Waals surface area (Å²) >= 11 is 12.2. The van der Waals surface area contributed by atoms with Gasteiger partial charge in [0, 0.05) is 0 Å². The largest absolute Gasteiger partial charge is 0.308 e. The summed E-state index contributed by atoms with van der Waals surface area (Å²) in [5, 5.41) is 5.55. The van der Waals surface area contributed by atoms with Crippen LogP contribution in [0.1, 0.15) is 0 Å². The maximum atomic E-state index is 11.5. The van der Waals surface area contributed by atoms with Gasteiger partial charge >= 0.3 is 0 Å². The van der Waals surface area contributed by atoms with Gasteiger partial charge in [0.2, 0.25) is 11.8 Å². The Labute approximate surface area is 135 Å². The van der Waals surface area contributed by atoms with Crippen molar-refractivity contribution in [3.05, 3.63) is 30.3 Å². The van der Waals surface area contributed by atoms with Crippen LogP contribution in [0, 0.1) is 0 Å². The second-order valence-electron chi connectivity index (χ2n) is 3.93. The second kappa shape index (κ2) is 7.40. The Balaban J connectivity index is 2.36. The first kappa shape index (κ1) is 15.8. The molecule has 0 saturated heterocycles. The van der Waals surface area contributed by atoms with E-state index >= 15 is 0 Å². The van der Waals surface area contributed by atoms with Gasteiger partial charge in [-0.05, 0) is 5.56 Å². The van der Waals surface area contributed by atoms with Crippen molar-refractivity contribution in [2.24, 2.45) is 0 Å². The Kier molecular flexibility index (Phi) is 5.55. The molecular formula is C13H11Cl2N3O2S. The van der Waals surface area contributed by atoms with Crippen molar-refractivity contribution in [2.45, 2.75) is 0 Å². The first-order valence-corrected chi connectivity index (χ1v) is 7.80. The van der Waals surface area contributed by atoms with E-state index in [0.29, 0.717) is 10.9 Å². The number of hydrogen-bond acceptors (Lipinski definition) is 4. The number of rotatable bonds is 5. The van der Waals surface area contributed by atoms with Crippen molar-refractivity contribution >= 4 is 57.3 Å². The third-order valence-corrected chi connectivity index (χ3v) is 3.92. The van der Waals surface area contributed by atoms with Crippen LogP contribution in [0.5, 0.6) is 0 Å². The van der Waals surface area contributed by atoms with Gasteiger partial charge in [-0.15, -0.1) is 23.2 Å². The predicted octanol–water partition coefficient (Wildman–Crippen LogP) is 3.16. The fourth-order valence-corrected chi connectivity index (χ4v) is 2.64. The molecule has 0 aliphatic carbocycles. The van der Waals surface area contributed by atoms with Crippen LogP contribution >= 0.6 is 34.5 Å². The predicted molar refractivity (Wildman–Crippen MR) is 86.2 cm³/mol. The first-order chi connectivity index (χ1) is 10.1. The Morgan fingerprint density at radius 1 is 1.05 bits per heavy atom. The number of amides is 2. The Morgan fingerprint density at radius 2 is 1.67 bits per heavy atom. The van der Waals surface area contributed by atoms with Crippen LogP contribution in [0.25, 0.3) is 10.4 Å². The Bertz CT molecular complexity index is 646. The van der Waals surface area contributed by atoms with Crippen LogP contribution < -0.4 is 10.6 Å². The molecule has 0 atom stereocenters. The van der Waals surface area contributed by atoms with Gasteiger partial charge in [0.15, 0.2) is 10.9 Å². The molecule has 2 aromatic rings. The van der Waals surface area contributed by atoms with Crippen LogP contribution in [-0.2, 0) is 9.59 Å². The number of halogens is 2. The monoisotopic (exact) mass is 343 g/mol. The highest BCUT2D eigenvalue weighted by Crippen LogP contribution is 2.36. The molecule has 1 aromatic heterocycles. The number of benzene rings is 1. The van der Waals surface area contributed by atoms with Crippen molar-refractivity contribution in [3.8, 4) is 10.4 Å². The van der Waals surface area contributed by atoms with Crippen LogP contribution in [-0.4, -0.2) is 28.6 Å². The minimum atomic E-state index is -0.366. The topological polar surface area (TPSA) is 71.1 Å². The minimum Gasteiger partial charge on any atom is -0.308 e. The van der Waals surface area contributed by atoms with Crippen LogP contribution in [0.2, 0.25) is 0 Å². The van der Waals surface area contributed by atoms with Crippen molar-refractivity contribution < 1.29 is 9.59 Å². The molecule has 0 spiro atoms. The summed E-state index contributed by atoms with van der Waals surface area (Å²) in [6.45, 7) is 0. The van der Waals surface area contributed by atoms with Gasteiger partial charge in [0.1, 0.15) is 11.8 Å². The van der Waals surface area contributed by atoms with Crippen LogP contribution in [0.4, 0.5) is 10.9 Å². The SMILES string of the molecule is O=C(CCl)Nc1nc(NC(=O)CCl)c(-c2ccccc2)s1. The lowest BCUT2D eigenvalue weighted by Crippen LogP contribution is -2.14. The molecule has 21 heavy (non-hydrogen) atoms. The summed E-state index contributed by atoms with van der Waals surface area (Å²) in [6, 6.07) is 9.41. The summed E-state index contributed by atoms with van der Waals surface area (Å²) in [4.78, 5) is 27.7. The smallest absolute Gasteiger partial charge is 0.241 e. The molecule has 8 heteroatoms. The molecule has 110 valence electrons. The minimum absolute atomic E-state index is 0.163. The molecule has 2 N–H and O–H groups in total. The van der Waals surface area contributed by atoms with Crippen molar-refractivity contribution in [1.82, 2.24) is 4.98 Å². The fraction of sp³-hybridized carbons (Fsp3) is 0.154. The van der Waals surface area contributed by atoms with E-state index in [-0.39, 0.29) is 23.6 Å². The highest BCUT2D eigenvalue weighted by molar-refractivity contribution is 7.19. The number of hydrogen-bond donors (Lipinski definition) is 2. The lowest BCUT2D eigenvalue weighted by Gasteiger charge is -2.02. The molecule has 0 saturated carbocycles. The van der Waals surface area contributed by atoms with E-state index in [2.05, 4.69) is 15.6 Å². The van der Waals surface area contributed by atoms with Gasteiger partial charge in [-0.1, -0.05) is 41.7 Å². The van der Waals surface area contributed by atoms with Gasteiger partial charge in [0.25, 0.3) is 0 Å². The van der Waals surface area contributed by atoms with E-state index in [0.717, 1.165) is 10.4 Å². The average Bonchev–Trinajstić information content (AvgIpc) is 2.90. The number of thiazole rings is 1. The molecule has 0 aliphatic heterocycles. The molecule has 5 nitrogen and oxygen atoms in total. The maximum Gasteiger partial charge on any atom is 0.241 e. The number of carbonyl (C=O) groups is 2. The lowest BCUT2D eigenvalue weighted by molar-refractivity contribution is -0.114. The number of anilines is 2. The fourth-order valence-electron chi connectivity index (χ4n) is 1.56. The van der Waals surface area contributed by atoms with Crippen molar-refractivity contribution in [3.63, 3.8) is 0 Å². The zero-order valence-electron chi connectivity index (χ0n) is 10.7. The van der Waals surface area contributed by atoms with E-state index in [1.54, 1.807) is 0 Å². The van der Waals surface area contributed by atoms with Gasteiger partial charge < -0.3 is 10.6 Å². The van der Waals surface area contributed by atoms with Crippen molar-refractivity contribution in [1.29, 1.82) is 0 Å². The van der Waals surface area contributed by atoms with Crippen LogP contribution in [0.3, 0.4) is 0 Å². The highest BCUT2D eigenvalue weighted by atomic mass is 35.5. The summed E-state index contributed by atoms with van der Waals surface area (Å²) in [5.74, 6) is -0.699. The van der Waals surface area contributed by atoms with E-state index < -0.39 is 0 Å². The molecule has 0 fully saturated rings. The average molecular weight is 344 g/mol. The Hall–Kier alpha value is -1.63. The molecule has 2 amide bonds. The van der Waals surface area contributed by atoms with Gasteiger partial charge in [0.05, 0.1) is 4.88 Å². The number of alkyl halides is 2. The van der Waals surface area contributed by atoms with E-state index in [1.165, 1.54) is 11.3 Å². The summed E-state index contributed by atoms with van der Waals surface area (Å²) in [6.07, 6.45) is 0. The molecule has 0 aliphatic rings. The molecule has 1 aromatic carbocycles. The lowest BCUT2D eigenvalue weighted by atomic mass is 10.2. The van der Waals surface area contributed by atoms with Crippen molar-refractivity contribution in [2.75, 3.05) is 22.4 Å². The summed E-state index contributed by atoms with van der Waals surface area (Å²) in [5.41, 5.74) is 0.881. The van der Waals surface area contributed by atoms with Gasteiger partial charge in [-0.25, -0.2) is 4.98 Å². The quantitative estimate of drug-likeness (QED) is 0.819. The zero-order chi connectivity index (χ0) is 15.2. The van der Waals surface area contributed by atoms with Gasteiger partial charge in [-0.3, -0.25) is 9.59 Å². The summed E-state index contributed by atoms with van der Waals surface area (Å²) < 4.78 is 0. The van der Waals surface area contributed by atoms with Crippen LogP contribution in [0.15, 0.2) is 30.3 Å². The molecule has 1 heterocycles. The first-order valence-electron chi connectivity index (χ1n) is 5.92. The Morgan fingerprint density at radius 3 is 2.29 bits per heavy atom. The maximum absolute atomic E-state index is 11.5. The number of carbonyl (C=O) groups excluding carboxylic acids is 2. The zero-order valence-corrected chi connectivity index (χ0v) is 13.1. The number of aromatic nitrogens is 1. The van der Waals surface area contributed by atoms with Gasteiger partial charge in [-0.2, -0.15) is 0 Å². The third kappa shape index (κ3) is 4.17. The standard InChI is InChI=1S/C13H11Cl2N3O2S/c14-6-9(19)16-12-11(8-4-2-1-3-5-8)21-13(18-12)17-10(20)7-15/h1-5H,6-7H2,(H,16,19)(H,17,18,20). The molecule has 0 unspecified atom stereocenters. The molecular weight excluding hydrogens is 333 g/mol. The second-order valence-corrected chi connectivity index (χ2v) is 5.46.